The minimum absolute atomic E-state index is 0.594. The highest BCUT2D eigenvalue weighted by atomic mass is 32.1. The predicted molar refractivity (Wildman–Crippen MR) is 137 cm³/mol. The van der Waals surface area contributed by atoms with Gasteiger partial charge in [0.1, 0.15) is 16.3 Å². The molecule has 4 heterocycles. The monoisotopic (exact) mass is 479 g/mol. The summed E-state index contributed by atoms with van der Waals surface area (Å²) in [6, 6.07) is 2.01. The van der Waals surface area contributed by atoms with E-state index in [-0.39, 0.29) is 0 Å². The largest absolute Gasteiger partial charge is 0.369 e. The minimum atomic E-state index is 0.594. The van der Waals surface area contributed by atoms with Crippen LogP contribution in [0.25, 0.3) is 20.8 Å². The first-order valence-corrected chi connectivity index (χ1v) is 13.3. The zero-order valence-electron chi connectivity index (χ0n) is 19.0. The summed E-state index contributed by atoms with van der Waals surface area (Å²) in [5, 5.41) is 11.3. The number of aromatic nitrogens is 5. The van der Waals surface area contributed by atoms with E-state index in [4.69, 9.17) is 15.0 Å². The normalized spacial score (nSPS) is 14.5. The molecule has 0 aromatic carbocycles. The van der Waals surface area contributed by atoms with Crippen LogP contribution in [0.15, 0.2) is 30.0 Å². The molecule has 0 bridgehead atoms. The Kier molecular flexibility index (Phi) is 6.78. The van der Waals surface area contributed by atoms with Crippen LogP contribution >= 0.6 is 22.7 Å². The van der Waals surface area contributed by atoms with Crippen LogP contribution in [0.2, 0.25) is 0 Å². The lowest BCUT2D eigenvalue weighted by Crippen LogP contribution is -2.15. The third-order valence-corrected chi connectivity index (χ3v) is 7.96. The van der Waals surface area contributed by atoms with Gasteiger partial charge in [-0.15, -0.1) is 22.7 Å². The first-order valence-electron chi connectivity index (χ1n) is 11.6. The molecule has 1 saturated carbocycles. The fourth-order valence-electron chi connectivity index (χ4n) is 3.93. The average Bonchev–Trinajstić information content (AvgIpc) is 3.32. The number of nitrogens with zero attached hydrogens (tertiary/aromatic N) is 5. The first-order chi connectivity index (χ1) is 16.2. The molecular formula is C24H29N7S2. The Bertz CT molecular complexity index is 1170. The maximum absolute atomic E-state index is 4.89. The van der Waals surface area contributed by atoms with Crippen LogP contribution in [0.5, 0.6) is 0 Å². The van der Waals surface area contributed by atoms with E-state index in [9.17, 15) is 0 Å². The van der Waals surface area contributed by atoms with E-state index < -0.39 is 0 Å². The fraction of sp³-hybridized carbons (Fsp3) is 0.458. The molecule has 0 radical (unpaired) electrons. The zero-order chi connectivity index (χ0) is 22.6. The van der Waals surface area contributed by atoms with Gasteiger partial charge >= 0.3 is 0 Å². The maximum atomic E-state index is 4.89. The van der Waals surface area contributed by atoms with Gasteiger partial charge in [-0.3, -0.25) is 4.98 Å². The van der Waals surface area contributed by atoms with Gasteiger partial charge in [0.05, 0.1) is 27.2 Å². The highest BCUT2D eigenvalue weighted by Crippen LogP contribution is 2.36. The second-order valence-electron chi connectivity index (χ2n) is 8.66. The number of hydrogen-bond donors (Lipinski definition) is 2. The van der Waals surface area contributed by atoms with Crippen LogP contribution in [-0.2, 0) is 6.42 Å². The Morgan fingerprint density at radius 2 is 2.06 bits per heavy atom. The van der Waals surface area contributed by atoms with E-state index in [0.717, 1.165) is 70.6 Å². The van der Waals surface area contributed by atoms with E-state index in [1.54, 1.807) is 22.7 Å². The van der Waals surface area contributed by atoms with Crippen molar-refractivity contribution in [3.05, 3.63) is 40.7 Å². The molecule has 1 unspecified atom stereocenters. The quantitative estimate of drug-likeness (QED) is 0.281. The molecular weight excluding hydrogens is 450 g/mol. The van der Waals surface area contributed by atoms with Gasteiger partial charge in [-0.1, -0.05) is 13.3 Å². The van der Waals surface area contributed by atoms with Crippen molar-refractivity contribution in [3.63, 3.8) is 0 Å². The molecule has 4 aromatic heterocycles. The summed E-state index contributed by atoms with van der Waals surface area (Å²) < 4.78 is 1.12. The SMILES string of the molecule is CCC(CCNc1nc(NCC2CC2)nc(C)c1-c1nc2cnccc2s1)Cc1nccs1. The van der Waals surface area contributed by atoms with E-state index in [0.29, 0.717) is 11.9 Å². The van der Waals surface area contributed by atoms with E-state index in [2.05, 4.69) is 32.9 Å². The van der Waals surface area contributed by atoms with Crippen LogP contribution in [0.3, 0.4) is 0 Å². The first kappa shape index (κ1) is 22.2. The molecule has 0 amide bonds. The molecule has 172 valence electrons. The number of rotatable bonds is 11. The second kappa shape index (κ2) is 10.1. The molecule has 1 aliphatic carbocycles. The average molecular weight is 480 g/mol. The fourth-order valence-corrected chi connectivity index (χ4v) is 5.69. The van der Waals surface area contributed by atoms with Crippen LogP contribution in [-0.4, -0.2) is 38.0 Å². The lowest BCUT2D eigenvalue weighted by Gasteiger charge is -2.17. The van der Waals surface area contributed by atoms with Crippen molar-refractivity contribution in [2.75, 3.05) is 23.7 Å². The molecule has 2 N–H and O–H groups in total. The Morgan fingerprint density at radius 3 is 2.82 bits per heavy atom. The number of thiazole rings is 2. The smallest absolute Gasteiger partial charge is 0.224 e. The van der Waals surface area contributed by atoms with Crippen molar-refractivity contribution in [3.8, 4) is 10.6 Å². The van der Waals surface area contributed by atoms with Gasteiger partial charge in [0, 0.05) is 37.3 Å². The lowest BCUT2D eigenvalue weighted by atomic mass is 9.99. The second-order valence-corrected chi connectivity index (χ2v) is 10.7. The number of fused-ring (bicyclic) bond motifs is 1. The van der Waals surface area contributed by atoms with Crippen molar-refractivity contribution in [1.82, 2.24) is 24.9 Å². The van der Waals surface area contributed by atoms with Crippen LogP contribution in [0.4, 0.5) is 11.8 Å². The predicted octanol–water partition coefficient (Wildman–Crippen LogP) is 5.81. The van der Waals surface area contributed by atoms with Gasteiger partial charge in [0.25, 0.3) is 0 Å². The van der Waals surface area contributed by atoms with Crippen LogP contribution < -0.4 is 10.6 Å². The molecule has 1 fully saturated rings. The summed E-state index contributed by atoms with van der Waals surface area (Å²) >= 11 is 3.40. The van der Waals surface area contributed by atoms with Gasteiger partial charge in [0.15, 0.2) is 0 Å². The van der Waals surface area contributed by atoms with E-state index >= 15 is 0 Å². The summed E-state index contributed by atoms with van der Waals surface area (Å²) in [5.74, 6) is 2.91. The molecule has 1 aliphatic rings. The Balaban J connectivity index is 1.37. The lowest BCUT2D eigenvalue weighted by molar-refractivity contribution is 0.479. The molecule has 5 rings (SSSR count). The van der Waals surface area contributed by atoms with Crippen LogP contribution in [0.1, 0.15) is 43.3 Å². The molecule has 0 aliphatic heterocycles. The molecule has 0 saturated heterocycles. The minimum Gasteiger partial charge on any atom is -0.369 e. The van der Waals surface area contributed by atoms with Crippen LogP contribution in [0, 0.1) is 18.8 Å². The highest BCUT2D eigenvalue weighted by Gasteiger charge is 2.22. The number of hydrogen-bond acceptors (Lipinski definition) is 9. The Morgan fingerprint density at radius 1 is 1.15 bits per heavy atom. The number of nitrogens with one attached hydrogen (secondary N) is 2. The number of aryl methyl sites for hydroxylation is 1. The third-order valence-electron chi connectivity index (χ3n) is 6.11. The summed E-state index contributed by atoms with van der Waals surface area (Å²) in [4.78, 5) is 23.2. The molecule has 7 nitrogen and oxygen atoms in total. The number of pyridine rings is 1. The van der Waals surface area contributed by atoms with Gasteiger partial charge in [-0.2, -0.15) is 4.98 Å². The maximum Gasteiger partial charge on any atom is 0.224 e. The van der Waals surface area contributed by atoms with Gasteiger partial charge < -0.3 is 10.6 Å². The topological polar surface area (TPSA) is 88.5 Å². The van der Waals surface area contributed by atoms with E-state index in [1.165, 1.54) is 17.8 Å². The summed E-state index contributed by atoms with van der Waals surface area (Å²) in [6.07, 6.45) is 11.3. The molecule has 1 atom stereocenters. The molecule has 4 aromatic rings. The Labute approximate surface area is 202 Å². The standard InChI is InChI=1S/C24H29N7S2/c1-3-16(12-20-26-10-11-32-20)6-9-27-22-21(23-30-18-14-25-8-7-19(18)33-23)15(2)29-24(31-22)28-13-17-4-5-17/h7-8,10-11,14,16-17H,3-6,9,12-13H2,1-2H3,(H2,27,28,29,31). The molecule has 33 heavy (non-hydrogen) atoms. The van der Waals surface area contributed by atoms with Crippen molar-refractivity contribution >= 4 is 44.7 Å². The number of anilines is 2. The third kappa shape index (κ3) is 5.47. The summed E-state index contributed by atoms with van der Waals surface area (Å²) in [6.45, 7) is 6.10. The Hall–Kier alpha value is -2.65. The van der Waals surface area contributed by atoms with Crippen molar-refractivity contribution in [2.24, 2.45) is 11.8 Å². The summed E-state index contributed by atoms with van der Waals surface area (Å²) in [7, 11) is 0. The summed E-state index contributed by atoms with van der Waals surface area (Å²) in [5.41, 5.74) is 2.84. The molecule has 9 heteroatoms. The van der Waals surface area contributed by atoms with Crippen molar-refractivity contribution < 1.29 is 0 Å². The van der Waals surface area contributed by atoms with E-state index in [1.807, 2.05) is 31.6 Å². The highest BCUT2D eigenvalue weighted by molar-refractivity contribution is 7.21. The van der Waals surface area contributed by atoms with Gasteiger partial charge in [-0.25, -0.2) is 15.0 Å². The van der Waals surface area contributed by atoms with Gasteiger partial charge in [-0.05, 0) is 44.1 Å². The molecule has 0 spiro atoms. The zero-order valence-corrected chi connectivity index (χ0v) is 20.7. The van der Waals surface area contributed by atoms with Crippen molar-refractivity contribution in [2.45, 2.75) is 46.0 Å². The van der Waals surface area contributed by atoms with Gasteiger partial charge in [0.2, 0.25) is 5.95 Å². The van der Waals surface area contributed by atoms with Crippen molar-refractivity contribution in [1.29, 1.82) is 0 Å².